The standard InChI is InChI=1S/C14H15BrO3/c1-9-5-6-18-14(9)13(16)8-10-7-11(17-2)3-4-12(10)15/h3-7,13,16H,8H2,1-2H3. The van der Waals surface area contributed by atoms with Gasteiger partial charge >= 0.3 is 0 Å². The average molecular weight is 311 g/mol. The molecule has 2 aromatic rings. The van der Waals surface area contributed by atoms with Crippen LogP contribution in [0, 0.1) is 6.92 Å². The van der Waals surface area contributed by atoms with Crippen molar-refractivity contribution in [2.75, 3.05) is 7.11 Å². The van der Waals surface area contributed by atoms with Gasteiger partial charge in [0.15, 0.2) is 0 Å². The van der Waals surface area contributed by atoms with Gasteiger partial charge in [0.2, 0.25) is 0 Å². The third kappa shape index (κ3) is 2.76. The summed E-state index contributed by atoms with van der Waals surface area (Å²) in [6.07, 6.45) is 1.42. The molecule has 4 heteroatoms. The van der Waals surface area contributed by atoms with E-state index in [1.54, 1.807) is 13.4 Å². The molecular weight excluding hydrogens is 296 g/mol. The lowest BCUT2D eigenvalue weighted by molar-refractivity contribution is 0.149. The van der Waals surface area contributed by atoms with E-state index in [0.717, 1.165) is 21.3 Å². The Balaban J connectivity index is 2.21. The molecule has 0 amide bonds. The van der Waals surface area contributed by atoms with Crippen LogP contribution in [0.2, 0.25) is 0 Å². The third-order valence-corrected chi connectivity index (χ3v) is 3.64. The van der Waals surface area contributed by atoms with Gasteiger partial charge in [-0.05, 0) is 42.3 Å². The highest BCUT2D eigenvalue weighted by Gasteiger charge is 2.16. The second-order valence-corrected chi connectivity index (χ2v) is 5.00. The lowest BCUT2D eigenvalue weighted by Gasteiger charge is -2.12. The van der Waals surface area contributed by atoms with Crippen molar-refractivity contribution < 1.29 is 14.3 Å². The molecule has 1 unspecified atom stereocenters. The van der Waals surface area contributed by atoms with Crippen LogP contribution in [0.4, 0.5) is 0 Å². The van der Waals surface area contributed by atoms with Gasteiger partial charge in [-0.1, -0.05) is 15.9 Å². The van der Waals surface area contributed by atoms with E-state index < -0.39 is 6.10 Å². The van der Waals surface area contributed by atoms with E-state index in [2.05, 4.69) is 15.9 Å². The van der Waals surface area contributed by atoms with Crippen LogP contribution < -0.4 is 4.74 Å². The Morgan fingerprint density at radius 2 is 2.17 bits per heavy atom. The van der Waals surface area contributed by atoms with E-state index in [0.29, 0.717) is 12.2 Å². The minimum absolute atomic E-state index is 0.478. The molecule has 2 rings (SSSR count). The number of aliphatic hydroxyl groups excluding tert-OH is 1. The fourth-order valence-electron chi connectivity index (χ4n) is 1.86. The van der Waals surface area contributed by atoms with Crippen molar-refractivity contribution in [3.05, 3.63) is 51.9 Å². The maximum absolute atomic E-state index is 10.2. The molecule has 1 N–H and O–H groups in total. The van der Waals surface area contributed by atoms with Gasteiger partial charge in [0.25, 0.3) is 0 Å². The van der Waals surface area contributed by atoms with Crippen LogP contribution in [0.15, 0.2) is 39.4 Å². The Hall–Kier alpha value is -1.26. The number of furan rings is 1. The SMILES string of the molecule is COc1ccc(Br)c(CC(O)c2occc2C)c1. The fourth-order valence-corrected chi connectivity index (χ4v) is 2.27. The van der Waals surface area contributed by atoms with Crippen molar-refractivity contribution in [2.24, 2.45) is 0 Å². The normalized spacial score (nSPS) is 12.4. The van der Waals surface area contributed by atoms with E-state index in [-0.39, 0.29) is 0 Å². The number of rotatable bonds is 4. The van der Waals surface area contributed by atoms with E-state index >= 15 is 0 Å². The van der Waals surface area contributed by atoms with Crippen LogP contribution in [0.3, 0.4) is 0 Å². The summed E-state index contributed by atoms with van der Waals surface area (Å²) in [4.78, 5) is 0. The molecule has 18 heavy (non-hydrogen) atoms. The van der Waals surface area contributed by atoms with E-state index in [1.165, 1.54) is 0 Å². The molecular formula is C14H15BrO3. The van der Waals surface area contributed by atoms with E-state index in [1.807, 2.05) is 31.2 Å². The summed E-state index contributed by atoms with van der Waals surface area (Å²) < 4.78 is 11.4. The van der Waals surface area contributed by atoms with Gasteiger partial charge in [-0.15, -0.1) is 0 Å². The molecule has 0 spiro atoms. The van der Waals surface area contributed by atoms with Crippen LogP contribution in [0.1, 0.15) is 23.0 Å². The zero-order valence-electron chi connectivity index (χ0n) is 10.3. The topological polar surface area (TPSA) is 42.6 Å². The first-order chi connectivity index (χ1) is 8.61. The fraction of sp³-hybridized carbons (Fsp3) is 0.286. The zero-order chi connectivity index (χ0) is 13.1. The Kier molecular flexibility index (Phi) is 4.09. The summed E-state index contributed by atoms with van der Waals surface area (Å²) in [6, 6.07) is 7.54. The van der Waals surface area contributed by atoms with Crippen molar-refractivity contribution in [2.45, 2.75) is 19.4 Å². The molecule has 0 saturated carbocycles. The summed E-state index contributed by atoms with van der Waals surface area (Å²) in [7, 11) is 1.63. The molecule has 0 saturated heterocycles. The van der Waals surface area contributed by atoms with Gasteiger partial charge < -0.3 is 14.3 Å². The highest BCUT2D eigenvalue weighted by molar-refractivity contribution is 9.10. The van der Waals surface area contributed by atoms with Crippen LogP contribution in [-0.4, -0.2) is 12.2 Å². The summed E-state index contributed by atoms with van der Waals surface area (Å²) in [5.74, 6) is 1.39. The van der Waals surface area contributed by atoms with Crippen molar-refractivity contribution in [1.82, 2.24) is 0 Å². The van der Waals surface area contributed by atoms with Crippen LogP contribution in [0.5, 0.6) is 5.75 Å². The predicted molar refractivity (Wildman–Crippen MR) is 72.8 cm³/mol. The zero-order valence-corrected chi connectivity index (χ0v) is 11.9. The van der Waals surface area contributed by atoms with E-state index in [9.17, 15) is 5.11 Å². The van der Waals surface area contributed by atoms with Crippen LogP contribution in [-0.2, 0) is 6.42 Å². The molecule has 0 aliphatic rings. The molecule has 0 aliphatic heterocycles. The van der Waals surface area contributed by atoms with Crippen molar-refractivity contribution in [1.29, 1.82) is 0 Å². The third-order valence-electron chi connectivity index (χ3n) is 2.87. The van der Waals surface area contributed by atoms with Gasteiger partial charge in [0, 0.05) is 10.9 Å². The average Bonchev–Trinajstić information content (AvgIpc) is 2.78. The summed E-state index contributed by atoms with van der Waals surface area (Å²) in [5, 5.41) is 10.2. The Bertz CT molecular complexity index is 534. The van der Waals surface area contributed by atoms with Gasteiger partial charge in [-0.2, -0.15) is 0 Å². The number of halogens is 1. The number of hydrogen-bond donors (Lipinski definition) is 1. The Labute approximate surface area is 115 Å². The highest BCUT2D eigenvalue weighted by atomic mass is 79.9. The van der Waals surface area contributed by atoms with E-state index in [4.69, 9.17) is 9.15 Å². The number of aliphatic hydroxyl groups is 1. The lowest BCUT2D eigenvalue weighted by Crippen LogP contribution is -2.03. The Morgan fingerprint density at radius 3 is 2.78 bits per heavy atom. The Morgan fingerprint density at radius 1 is 1.39 bits per heavy atom. The van der Waals surface area contributed by atoms with Crippen LogP contribution in [0.25, 0.3) is 0 Å². The predicted octanol–water partition coefficient (Wildman–Crippen LogP) is 3.64. The summed E-state index contributed by atoms with van der Waals surface area (Å²) in [5.41, 5.74) is 1.94. The van der Waals surface area contributed by atoms with Gasteiger partial charge in [0.1, 0.15) is 17.6 Å². The smallest absolute Gasteiger partial charge is 0.135 e. The minimum atomic E-state index is -0.650. The molecule has 1 aromatic carbocycles. The van der Waals surface area contributed by atoms with Crippen molar-refractivity contribution in [3.8, 4) is 5.75 Å². The molecule has 1 aromatic heterocycles. The first-order valence-corrected chi connectivity index (χ1v) is 6.45. The van der Waals surface area contributed by atoms with Gasteiger partial charge in [-0.3, -0.25) is 0 Å². The maximum atomic E-state index is 10.2. The van der Waals surface area contributed by atoms with Gasteiger partial charge in [-0.25, -0.2) is 0 Å². The highest BCUT2D eigenvalue weighted by Crippen LogP contribution is 2.28. The monoisotopic (exact) mass is 310 g/mol. The summed E-state index contributed by atoms with van der Waals surface area (Å²) >= 11 is 3.47. The first-order valence-electron chi connectivity index (χ1n) is 5.66. The summed E-state index contributed by atoms with van der Waals surface area (Å²) in [6.45, 7) is 1.92. The number of hydrogen-bond acceptors (Lipinski definition) is 3. The largest absolute Gasteiger partial charge is 0.497 e. The second kappa shape index (κ2) is 5.59. The maximum Gasteiger partial charge on any atom is 0.135 e. The number of methoxy groups -OCH3 is 1. The van der Waals surface area contributed by atoms with Gasteiger partial charge in [0.05, 0.1) is 13.4 Å². The number of benzene rings is 1. The van der Waals surface area contributed by atoms with Crippen LogP contribution >= 0.6 is 15.9 Å². The number of aryl methyl sites for hydroxylation is 1. The van der Waals surface area contributed by atoms with Crippen molar-refractivity contribution >= 4 is 15.9 Å². The second-order valence-electron chi connectivity index (χ2n) is 4.15. The van der Waals surface area contributed by atoms with Crippen molar-refractivity contribution in [3.63, 3.8) is 0 Å². The molecule has 0 radical (unpaired) electrons. The molecule has 0 bridgehead atoms. The molecule has 3 nitrogen and oxygen atoms in total. The number of ether oxygens (including phenoxy) is 1. The molecule has 96 valence electrons. The molecule has 0 aliphatic carbocycles. The molecule has 1 heterocycles. The first kappa shape index (κ1) is 13.2. The quantitative estimate of drug-likeness (QED) is 0.937. The lowest BCUT2D eigenvalue weighted by atomic mass is 10.0. The minimum Gasteiger partial charge on any atom is -0.497 e. The molecule has 0 fully saturated rings. The molecule has 1 atom stereocenters.